The first-order valence-corrected chi connectivity index (χ1v) is 18.8. The van der Waals surface area contributed by atoms with E-state index in [4.69, 9.17) is 9.97 Å². The van der Waals surface area contributed by atoms with Gasteiger partial charge in [-0.15, -0.1) is 0 Å². The monoisotopic (exact) mass is 697 g/mol. The summed E-state index contributed by atoms with van der Waals surface area (Å²) in [6, 6.07) is 67.9. The lowest BCUT2D eigenvalue weighted by Crippen LogP contribution is -1.99. The second-order valence-electron chi connectivity index (χ2n) is 14.5. The van der Waals surface area contributed by atoms with Crippen LogP contribution in [0.25, 0.3) is 115 Å². The van der Waals surface area contributed by atoms with Crippen LogP contribution in [0, 0.1) is 0 Å². The number of nitrogens with zero attached hydrogens (tertiary/aromatic N) is 3. The Kier molecular flexibility index (Phi) is 6.34. The molecule has 2 aromatic heterocycles. The molecule has 0 aliphatic carbocycles. The van der Waals surface area contributed by atoms with Crippen LogP contribution in [0.5, 0.6) is 0 Å². The van der Waals surface area contributed by atoms with Crippen molar-refractivity contribution < 1.29 is 0 Å². The van der Waals surface area contributed by atoms with E-state index in [2.05, 4.69) is 180 Å². The van der Waals surface area contributed by atoms with E-state index < -0.39 is 0 Å². The molecule has 10 aromatic carbocycles. The fourth-order valence-corrected chi connectivity index (χ4v) is 9.04. The van der Waals surface area contributed by atoms with Crippen LogP contribution in [-0.2, 0) is 0 Å². The number of fused-ring (bicyclic) bond motifs is 12. The Bertz CT molecular complexity index is 3520. The second kappa shape index (κ2) is 11.6. The van der Waals surface area contributed by atoms with Crippen LogP contribution in [0.2, 0.25) is 0 Å². The van der Waals surface area contributed by atoms with Crippen molar-refractivity contribution in [2.24, 2.45) is 0 Å². The Morgan fingerprint density at radius 2 is 0.836 bits per heavy atom. The highest BCUT2D eigenvalue weighted by atomic mass is 15.0. The molecule has 0 saturated carbocycles. The molecule has 0 saturated heterocycles. The van der Waals surface area contributed by atoms with Gasteiger partial charge in [0, 0.05) is 27.3 Å². The number of hydrogen-bond acceptors (Lipinski definition) is 2. The molecule has 0 aliphatic heterocycles. The third kappa shape index (κ3) is 4.44. The number of aromatic nitrogens is 3. The zero-order valence-electron chi connectivity index (χ0n) is 29.7. The van der Waals surface area contributed by atoms with Crippen LogP contribution >= 0.6 is 0 Å². The quantitative estimate of drug-likeness (QED) is 0.172. The van der Waals surface area contributed by atoms with E-state index in [9.17, 15) is 0 Å². The fraction of sp³-hybridized carbons (Fsp3) is 0. The highest BCUT2D eigenvalue weighted by Crippen LogP contribution is 2.43. The Labute approximate surface area is 316 Å². The van der Waals surface area contributed by atoms with Gasteiger partial charge in [-0.05, 0) is 97.0 Å². The topological polar surface area (TPSA) is 30.7 Å². The van der Waals surface area contributed by atoms with Crippen molar-refractivity contribution in [3.8, 4) is 28.2 Å². The molecule has 0 spiro atoms. The number of benzene rings is 10. The summed E-state index contributed by atoms with van der Waals surface area (Å²) in [6.45, 7) is 0. The molecule has 0 radical (unpaired) electrons. The molecule has 0 unspecified atom stereocenters. The number of hydrogen-bond donors (Lipinski definition) is 0. The lowest BCUT2D eigenvalue weighted by Gasteiger charge is -2.17. The third-order valence-corrected chi connectivity index (χ3v) is 11.5. The van der Waals surface area contributed by atoms with Crippen molar-refractivity contribution in [3.05, 3.63) is 188 Å². The van der Waals surface area contributed by atoms with Gasteiger partial charge >= 0.3 is 0 Å². The molecule has 3 nitrogen and oxygen atoms in total. The Morgan fingerprint density at radius 1 is 0.309 bits per heavy atom. The van der Waals surface area contributed by atoms with Crippen LogP contribution in [0.1, 0.15) is 0 Å². The first kappa shape index (κ1) is 30.1. The summed E-state index contributed by atoms with van der Waals surface area (Å²) in [7, 11) is 0. The van der Waals surface area contributed by atoms with E-state index in [0.717, 1.165) is 50.0 Å². The van der Waals surface area contributed by atoms with Gasteiger partial charge in [0.2, 0.25) is 0 Å². The van der Waals surface area contributed by atoms with Gasteiger partial charge in [-0.1, -0.05) is 140 Å². The molecule has 254 valence electrons. The van der Waals surface area contributed by atoms with E-state index >= 15 is 0 Å². The minimum atomic E-state index is 0.874. The van der Waals surface area contributed by atoms with Gasteiger partial charge in [0.1, 0.15) is 0 Å². The summed E-state index contributed by atoms with van der Waals surface area (Å²) in [4.78, 5) is 10.8. The minimum Gasteiger partial charge on any atom is -0.309 e. The van der Waals surface area contributed by atoms with Gasteiger partial charge in [0.25, 0.3) is 0 Å². The van der Waals surface area contributed by atoms with Gasteiger partial charge < -0.3 is 4.57 Å². The average molecular weight is 698 g/mol. The zero-order valence-corrected chi connectivity index (χ0v) is 29.7. The first-order chi connectivity index (χ1) is 27.3. The Balaban J connectivity index is 1.14. The van der Waals surface area contributed by atoms with Crippen LogP contribution in [-0.4, -0.2) is 14.5 Å². The summed E-state index contributed by atoms with van der Waals surface area (Å²) in [5.41, 5.74) is 9.13. The van der Waals surface area contributed by atoms with E-state index in [1.54, 1.807) is 0 Å². The van der Waals surface area contributed by atoms with Crippen molar-refractivity contribution in [2.45, 2.75) is 0 Å². The fourth-order valence-electron chi connectivity index (χ4n) is 9.04. The van der Waals surface area contributed by atoms with Crippen molar-refractivity contribution in [3.63, 3.8) is 0 Å². The predicted octanol–water partition coefficient (Wildman–Crippen LogP) is 13.8. The molecule has 0 aliphatic rings. The highest BCUT2D eigenvalue weighted by molar-refractivity contribution is 6.26. The molecule has 0 atom stereocenters. The SMILES string of the molecule is c1ccc2cc3c(cc2c1)c1ccccc1n3-c1ccc(-c2nc3ccccc3nc2-c2ccc3c4ccccc4c4ccccc4c3c2)c2ccccc12. The molecule has 0 N–H and O–H groups in total. The van der Waals surface area contributed by atoms with Crippen molar-refractivity contribution >= 4 is 86.7 Å². The van der Waals surface area contributed by atoms with E-state index in [0.29, 0.717) is 0 Å². The molecule has 12 rings (SSSR count). The van der Waals surface area contributed by atoms with Crippen molar-refractivity contribution in [1.29, 1.82) is 0 Å². The van der Waals surface area contributed by atoms with Crippen LogP contribution in [0.3, 0.4) is 0 Å². The lowest BCUT2D eigenvalue weighted by atomic mass is 9.91. The maximum absolute atomic E-state index is 5.42. The van der Waals surface area contributed by atoms with Crippen molar-refractivity contribution in [2.75, 3.05) is 0 Å². The number of rotatable bonds is 3. The van der Waals surface area contributed by atoms with Crippen LogP contribution in [0.4, 0.5) is 0 Å². The smallest absolute Gasteiger partial charge is 0.0979 e. The van der Waals surface area contributed by atoms with Crippen molar-refractivity contribution in [1.82, 2.24) is 14.5 Å². The second-order valence-corrected chi connectivity index (χ2v) is 14.5. The molecule has 0 fully saturated rings. The standard InChI is InChI=1S/C52H31N3/c1-2-14-33-31-50-45(29-32(33)13-1)42-21-9-12-24-48(42)55(50)49-28-27-43(39-19-7-8-20-41(39)49)52-51(53-46-22-10-11-23-47(46)54-52)34-25-26-40-37-17-4-3-15-35(37)36-16-5-6-18-38(36)44(40)30-34/h1-31H. The van der Waals surface area contributed by atoms with Gasteiger partial charge in [0.05, 0.1) is 39.1 Å². The average Bonchev–Trinajstić information content (AvgIpc) is 3.57. The lowest BCUT2D eigenvalue weighted by molar-refractivity contribution is 1.20. The molecule has 55 heavy (non-hydrogen) atoms. The molecule has 3 heteroatoms. The van der Waals surface area contributed by atoms with Gasteiger partial charge in [0.15, 0.2) is 0 Å². The Hall–Kier alpha value is -7.36. The molecular formula is C52H31N3. The summed E-state index contributed by atoms with van der Waals surface area (Å²) in [5.74, 6) is 0. The molecule has 0 amide bonds. The molecule has 2 heterocycles. The summed E-state index contributed by atoms with van der Waals surface area (Å²) in [5, 5.41) is 14.7. The number of para-hydroxylation sites is 3. The predicted molar refractivity (Wildman–Crippen MR) is 232 cm³/mol. The summed E-state index contributed by atoms with van der Waals surface area (Å²) in [6.07, 6.45) is 0. The van der Waals surface area contributed by atoms with Gasteiger partial charge in [-0.2, -0.15) is 0 Å². The van der Waals surface area contributed by atoms with E-state index in [1.165, 1.54) is 64.9 Å². The molecule has 12 aromatic rings. The molecule has 0 bridgehead atoms. The minimum absolute atomic E-state index is 0.874. The van der Waals surface area contributed by atoms with Crippen LogP contribution < -0.4 is 0 Å². The van der Waals surface area contributed by atoms with E-state index in [-0.39, 0.29) is 0 Å². The first-order valence-electron chi connectivity index (χ1n) is 18.8. The maximum atomic E-state index is 5.42. The van der Waals surface area contributed by atoms with Crippen LogP contribution in [0.15, 0.2) is 188 Å². The highest BCUT2D eigenvalue weighted by Gasteiger charge is 2.21. The maximum Gasteiger partial charge on any atom is 0.0979 e. The normalized spacial score (nSPS) is 12.0. The van der Waals surface area contributed by atoms with Gasteiger partial charge in [-0.25, -0.2) is 9.97 Å². The summed E-state index contributed by atoms with van der Waals surface area (Å²) < 4.78 is 2.44. The third-order valence-electron chi connectivity index (χ3n) is 11.5. The summed E-state index contributed by atoms with van der Waals surface area (Å²) >= 11 is 0. The largest absolute Gasteiger partial charge is 0.309 e. The van der Waals surface area contributed by atoms with Gasteiger partial charge in [-0.3, -0.25) is 0 Å². The Morgan fingerprint density at radius 3 is 1.55 bits per heavy atom. The zero-order chi connectivity index (χ0) is 36.0. The molecular weight excluding hydrogens is 667 g/mol. The van der Waals surface area contributed by atoms with E-state index in [1.807, 2.05) is 12.1 Å².